The number of hydrogen-bond acceptors (Lipinski definition) is 3. The zero-order valence-corrected chi connectivity index (χ0v) is 7.06. The molecule has 1 rings (SSSR count). The van der Waals surface area contributed by atoms with E-state index in [0.29, 0.717) is 6.07 Å². The second kappa shape index (κ2) is 4.30. The molecule has 1 aromatic rings. The van der Waals surface area contributed by atoms with E-state index in [1.54, 1.807) is 0 Å². The van der Waals surface area contributed by atoms with Gasteiger partial charge in [0, 0.05) is 6.42 Å². The lowest BCUT2D eigenvalue weighted by Gasteiger charge is -2.05. The molecule has 0 atom stereocenters. The zero-order chi connectivity index (χ0) is 10.7. The Hall–Kier alpha value is -1.27. The van der Waals surface area contributed by atoms with Crippen molar-refractivity contribution in [3.8, 4) is 5.75 Å². The standard InChI is InChI=1S/C8H8F3NO2/c9-5-3-4(1-2-14-12)6(10)8(13)7(5)11/h3,13H,1-2,12H2. The van der Waals surface area contributed by atoms with Crippen LogP contribution in [0.4, 0.5) is 13.2 Å². The van der Waals surface area contributed by atoms with Gasteiger partial charge in [-0.3, -0.25) is 0 Å². The molecule has 6 heteroatoms. The molecular formula is C8H8F3NO2. The van der Waals surface area contributed by atoms with Crippen LogP contribution < -0.4 is 5.90 Å². The molecule has 0 aliphatic carbocycles. The van der Waals surface area contributed by atoms with Crippen LogP contribution in [-0.4, -0.2) is 11.7 Å². The minimum atomic E-state index is -1.60. The van der Waals surface area contributed by atoms with Gasteiger partial charge >= 0.3 is 0 Å². The molecule has 0 heterocycles. The van der Waals surface area contributed by atoms with Crippen molar-refractivity contribution in [1.29, 1.82) is 0 Å². The highest BCUT2D eigenvalue weighted by Gasteiger charge is 2.17. The molecule has 0 spiro atoms. The maximum atomic E-state index is 13.0. The van der Waals surface area contributed by atoms with Crippen LogP contribution in [0, 0.1) is 17.5 Å². The number of aromatic hydroxyl groups is 1. The second-order valence-electron chi connectivity index (χ2n) is 2.61. The SMILES string of the molecule is NOCCc1cc(F)c(F)c(O)c1F. The van der Waals surface area contributed by atoms with Gasteiger partial charge in [0.25, 0.3) is 0 Å². The predicted molar refractivity (Wildman–Crippen MR) is 41.8 cm³/mol. The fraction of sp³-hybridized carbons (Fsp3) is 0.250. The predicted octanol–water partition coefficient (Wildman–Crippen LogP) is 1.24. The van der Waals surface area contributed by atoms with Crippen LogP contribution in [0.5, 0.6) is 5.75 Å². The molecule has 3 nitrogen and oxygen atoms in total. The van der Waals surface area contributed by atoms with Crippen molar-refractivity contribution in [2.75, 3.05) is 6.61 Å². The lowest BCUT2D eigenvalue weighted by molar-refractivity contribution is 0.140. The van der Waals surface area contributed by atoms with E-state index in [1.165, 1.54) is 0 Å². The Kier molecular flexibility index (Phi) is 3.32. The molecule has 78 valence electrons. The molecule has 0 fully saturated rings. The summed E-state index contributed by atoms with van der Waals surface area (Å²) >= 11 is 0. The van der Waals surface area contributed by atoms with E-state index in [2.05, 4.69) is 10.7 Å². The first-order valence-corrected chi connectivity index (χ1v) is 3.75. The lowest BCUT2D eigenvalue weighted by atomic mass is 10.1. The van der Waals surface area contributed by atoms with Crippen LogP contribution in [0.1, 0.15) is 5.56 Å². The highest BCUT2D eigenvalue weighted by atomic mass is 19.2. The quantitative estimate of drug-likeness (QED) is 0.579. The van der Waals surface area contributed by atoms with Gasteiger partial charge in [-0.15, -0.1) is 0 Å². The Morgan fingerprint density at radius 1 is 1.29 bits per heavy atom. The van der Waals surface area contributed by atoms with Crippen molar-refractivity contribution in [1.82, 2.24) is 0 Å². The van der Waals surface area contributed by atoms with Crippen LogP contribution in [0.3, 0.4) is 0 Å². The van der Waals surface area contributed by atoms with Crippen molar-refractivity contribution in [3.05, 3.63) is 29.1 Å². The summed E-state index contributed by atoms with van der Waals surface area (Å²) in [5.74, 6) is -0.743. The molecule has 0 aromatic heterocycles. The number of phenolic OH excluding ortho intramolecular Hbond substituents is 1. The number of rotatable bonds is 3. The number of nitrogens with two attached hydrogens (primary N) is 1. The third-order valence-corrected chi connectivity index (χ3v) is 1.70. The van der Waals surface area contributed by atoms with Gasteiger partial charge in [0.2, 0.25) is 5.82 Å². The first kappa shape index (κ1) is 10.8. The summed E-state index contributed by atoms with van der Waals surface area (Å²) in [6.07, 6.45) is -0.0485. The largest absolute Gasteiger partial charge is 0.503 e. The zero-order valence-electron chi connectivity index (χ0n) is 7.06. The molecule has 0 saturated heterocycles. The van der Waals surface area contributed by atoms with Gasteiger partial charge in [0.05, 0.1) is 6.61 Å². The normalized spacial score (nSPS) is 10.6. The van der Waals surface area contributed by atoms with Gasteiger partial charge in [0.15, 0.2) is 17.4 Å². The molecule has 0 saturated carbocycles. The first-order chi connectivity index (χ1) is 6.57. The number of benzene rings is 1. The van der Waals surface area contributed by atoms with E-state index in [4.69, 9.17) is 5.11 Å². The first-order valence-electron chi connectivity index (χ1n) is 3.75. The highest BCUT2D eigenvalue weighted by molar-refractivity contribution is 5.32. The molecular weight excluding hydrogens is 199 g/mol. The Morgan fingerprint density at radius 2 is 1.93 bits per heavy atom. The Morgan fingerprint density at radius 3 is 2.50 bits per heavy atom. The van der Waals surface area contributed by atoms with Crippen molar-refractivity contribution in [3.63, 3.8) is 0 Å². The van der Waals surface area contributed by atoms with Gasteiger partial charge in [0.1, 0.15) is 0 Å². The molecule has 0 aliphatic rings. The Balaban J connectivity index is 3.06. The molecule has 0 bridgehead atoms. The summed E-state index contributed by atoms with van der Waals surface area (Å²) < 4.78 is 38.3. The Labute approximate surface area is 77.9 Å². The molecule has 0 unspecified atom stereocenters. The second-order valence-corrected chi connectivity index (χ2v) is 2.61. The van der Waals surface area contributed by atoms with E-state index in [0.717, 1.165) is 0 Å². The summed E-state index contributed by atoms with van der Waals surface area (Å²) in [6.45, 7) is -0.0541. The van der Waals surface area contributed by atoms with Crippen molar-refractivity contribution in [2.45, 2.75) is 6.42 Å². The van der Waals surface area contributed by atoms with Gasteiger partial charge < -0.3 is 9.94 Å². The monoisotopic (exact) mass is 207 g/mol. The molecule has 1 aromatic carbocycles. The van der Waals surface area contributed by atoms with Crippen LogP contribution in [0.15, 0.2) is 6.07 Å². The fourth-order valence-corrected chi connectivity index (χ4v) is 0.992. The highest BCUT2D eigenvalue weighted by Crippen LogP contribution is 2.25. The van der Waals surface area contributed by atoms with E-state index in [1.807, 2.05) is 0 Å². The summed E-state index contributed by atoms with van der Waals surface area (Å²) in [6, 6.07) is 0.656. The molecule has 0 amide bonds. The van der Waals surface area contributed by atoms with E-state index >= 15 is 0 Å². The van der Waals surface area contributed by atoms with Gasteiger partial charge in [-0.2, -0.15) is 4.39 Å². The van der Waals surface area contributed by atoms with E-state index in [-0.39, 0.29) is 18.6 Å². The topological polar surface area (TPSA) is 55.5 Å². The summed E-state index contributed by atoms with van der Waals surface area (Å²) in [5.41, 5.74) is -0.188. The average molecular weight is 207 g/mol. The summed E-state index contributed by atoms with van der Waals surface area (Å²) in [4.78, 5) is 4.15. The van der Waals surface area contributed by atoms with Crippen LogP contribution >= 0.6 is 0 Å². The van der Waals surface area contributed by atoms with Crippen molar-refractivity contribution >= 4 is 0 Å². The van der Waals surface area contributed by atoms with Gasteiger partial charge in [-0.05, 0) is 11.6 Å². The molecule has 3 N–H and O–H groups in total. The van der Waals surface area contributed by atoms with Gasteiger partial charge in [-0.25, -0.2) is 14.7 Å². The number of hydrogen-bond donors (Lipinski definition) is 2. The smallest absolute Gasteiger partial charge is 0.203 e. The minimum absolute atomic E-state index is 0.0485. The number of phenols is 1. The van der Waals surface area contributed by atoms with Gasteiger partial charge in [-0.1, -0.05) is 0 Å². The average Bonchev–Trinajstić information content (AvgIpc) is 2.18. The summed E-state index contributed by atoms with van der Waals surface area (Å²) in [7, 11) is 0. The van der Waals surface area contributed by atoms with Crippen LogP contribution in [0.25, 0.3) is 0 Å². The maximum absolute atomic E-state index is 13.0. The van der Waals surface area contributed by atoms with Crippen LogP contribution in [0.2, 0.25) is 0 Å². The van der Waals surface area contributed by atoms with E-state index < -0.39 is 23.2 Å². The Bertz CT molecular complexity index is 344. The molecule has 14 heavy (non-hydrogen) atoms. The maximum Gasteiger partial charge on any atom is 0.203 e. The lowest BCUT2D eigenvalue weighted by Crippen LogP contribution is -2.06. The minimum Gasteiger partial charge on any atom is -0.503 e. The summed E-state index contributed by atoms with van der Waals surface area (Å²) in [5, 5.41) is 8.81. The third kappa shape index (κ3) is 1.97. The van der Waals surface area contributed by atoms with Crippen LogP contribution in [-0.2, 0) is 11.3 Å². The van der Waals surface area contributed by atoms with E-state index in [9.17, 15) is 13.2 Å². The molecule has 0 aliphatic heterocycles. The fourth-order valence-electron chi connectivity index (χ4n) is 0.992. The number of halogens is 3. The molecule has 0 radical (unpaired) electrons. The van der Waals surface area contributed by atoms with Crippen molar-refractivity contribution in [2.24, 2.45) is 5.90 Å². The van der Waals surface area contributed by atoms with Crippen molar-refractivity contribution < 1.29 is 23.1 Å². The third-order valence-electron chi connectivity index (χ3n) is 1.70.